The van der Waals surface area contributed by atoms with E-state index in [0.29, 0.717) is 10.8 Å². The third kappa shape index (κ3) is 5.39. The smallest absolute Gasteiger partial charge is 0.339 e. The maximum Gasteiger partial charge on any atom is 0.339 e. The van der Waals surface area contributed by atoms with Gasteiger partial charge in [-0.1, -0.05) is 30.3 Å². The van der Waals surface area contributed by atoms with Gasteiger partial charge in [0.1, 0.15) is 16.7 Å². The van der Waals surface area contributed by atoms with Crippen molar-refractivity contribution in [2.75, 3.05) is 0 Å². The number of carboxylic acids is 1. The molecule has 4 N–H and O–H groups in total. The lowest BCUT2D eigenvalue weighted by Crippen LogP contribution is -2.05. The third-order valence-electron chi connectivity index (χ3n) is 10.5. The van der Waals surface area contributed by atoms with Crippen LogP contribution >= 0.6 is 0 Å². The minimum absolute atomic E-state index is 0.0148. The molecule has 61 heavy (non-hydrogen) atoms. The molecular formula is C44H18F10N4O3. The summed E-state index contributed by atoms with van der Waals surface area (Å²) < 4.78 is 157. The van der Waals surface area contributed by atoms with Gasteiger partial charge in [0.25, 0.3) is 0 Å². The van der Waals surface area contributed by atoms with E-state index in [-0.39, 0.29) is 72.3 Å². The number of halogens is 10. The lowest BCUT2D eigenvalue weighted by molar-refractivity contribution is 0.0698. The Bertz CT molecular complexity index is 3540. The van der Waals surface area contributed by atoms with E-state index in [0.717, 1.165) is 0 Å². The van der Waals surface area contributed by atoms with Crippen LogP contribution in [-0.4, -0.2) is 31.0 Å². The van der Waals surface area contributed by atoms with Crippen molar-refractivity contribution >= 4 is 73.2 Å². The number of rotatable bonds is 4. The molecule has 0 spiro atoms. The van der Waals surface area contributed by atoms with Crippen molar-refractivity contribution in [2.24, 2.45) is 0 Å². The molecule has 6 heterocycles. The lowest BCUT2D eigenvalue weighted by atomic mass is 10.0. The quantitative estimate of drug-likeness (QED) is 0.0803. The minimum Gasteiger partial charge on any atom is -0.478 e. The molecule has 0 amide bonds. The Morgan fingerprint density at radius 2 is 0.852 bits per heavy atom. The molecule has 0 fully saturated rings. The molecule has 9 aromatic rings. The highest BCUT2D eigenvalue weighted by atomic mass is 19.2. The number of hydrogen-bond acceptors (Lipinski definition) is 3. The second-order valence-corrected chi connectivity index (χ2v) is 13.9. The number of H-pyrrole nitrogens is 3. The molecule has 1 aliphatic rings. The predicted molar refractivity (Wildman–Crippen MR) is 205 cm³/mol. The van der Waals surface area contributed by atoms with Crippen LogP contribution in [0, 0.1) is 58.2 Å². The molecule has 302 valence electrons. The molecule has 0 saturated heterocycles. The summed E-state index contributed by atoms with van der Waals surface area (Å²) in [5, 5.41) is 10.7. The number of fused-ring (bicyclic) bond motifs is 12. The van der Waals surface area contributed by atoms with E-state index >= 15 is 17.6 Å². The van der Waals surface area contributed by atoms with Gasteiger partial charge in [0.15, 0.2) is 46.5 Å². The van der Waals surface area contributed by atoms with Crippen molar-refractivity contribution in [2.45, 2.75) is 0 Å². The van der Waals surface area contributed by atoms with Crippen molar-refractivity contribution in [3.63, 3.8) is 0 Å². The summed E-state index contributed by atoms with van der Waals surface area (Å²) in [7, 11) is 0. The summed E-state index contributed by atoms with van der Waals surface area (Å²) in [6.45, 7) is 0. The third-order valence-corrected chi connectivity index (χ3v) is 10.5. The van der Waals surface area contributed by atoms with Gasteiger partial charge in [-0.3, -0.25) is 0 Å². The first-order valence-corrected chi connectivity index (χ1v) is 17.8. The molecule has 7 nitrogen and oxygen atoms in total. The monoisotopic (exact) mass is 840 g/mol. The molecule has 1 aliphatic heterocycles. The largest absolute Gasteiger partial charge is 0.478 e. The number of carbonyl (C=O) groups is 1. The van der Waals surface area contributed by atoms with E-state index in [1.54, 1.807) is 24.3 Å². The summed E-state index contributed by atoms with van der Waals surface area (Å²) in [4.78, 5) is 25.4. The fourth-order valence-electron chi connectivity index (χ4n) is 7.80. The van der Waals surface area contributed by atoms with Gasteiger partial charge >= 0.3 is 5.97 Å². The van der Waals surface area contributed by atoms with Crippen molar-refractivity contribution in [1.29, 1.82) is 0 Å². The van der Waals surface area contributed by atoms with Crippen LogP contribution in [0.5, 0.6) is 0 Å². The van der Waals surface area contributed by atoms with Gasteiger partial charge in [0.2, 0.25) is 11.6 Å². The Balaban J connectivity index is 1.43. The van der Waals surface area contributed by atoms with Crippen molar-refractivity contribution in [1.82, 2.24) is 19.9 Å². The van der Waals surface area contributed by atoms with Gasteiger partial charge in [0, 0.05) is 60.6 Å². The number of carboxylic acid groups (broad SMARTS) is 1. The molecular weight excluding hydrogens is 822 g/mol. The standard InChI is InChI=1S/C44H18F10N4O3/c45-32-30(33(46)37(50)40(53)36(32)49)28-23-9-7-19(55-23)20-8-10-24(56-20)29(31-34(47)38(51)41(54)39(52)35(31)48)26-14-12-22(58-26)27(21-11-13-25(28)57-21)17-5-1-3-15-16-4-2-6-18(44(59)60)43(16)61-42(15)17/h1-14,55,57-58H,(H,59,60). The van der Waals surface area contributed by atoms with Crippen molar-refractivity contribution < 1.29 is 58.2 Å². The molecule has 8 bridgehead atoms. The molecule has 5 aromatic heterocycles. The Hall–Kier alpha value is -7.82. The second kappa shape index (κ2) is 13.4. The number of aromatic carboxylic acids is 1. The first-order valence-electron chi connectivity index (χ1n) is 17.8. The number of benzene rings is 4. The van der Waals surface area contributed by atoms with Crippen LogP contribution in [0.1, 0.15) is 21.7 Å². The Kier molecular flexibility index (Phi) is 8.20. The molecule has 0 saturated carbocycles. The molecule has 17 heteroatoms. The number of hydrogen-bond donors (Lipinski definition) is 4. The zero-order valence-electron chi connectivity index (χ0n) is 30.1. The van der Waals surface area contributed by atoms with E-state index in [1.807, 2.05) is 0 Å². The lowest BCUT2D eigenvalue weighted by Gasteiger charge is -2.10. The highest BCUT2D eigenvalue weighted by Crippen LogP contribution is 2.43. The maximum absolute atomic E-state index is 15.7. The molecule has 4 aromatic carbocycles. The number of nitrogens with one attached hydrogen (secondary N) is 3. The second-order valence-electron chi connectivity index (χ2n) is 13.9. The summed E-state index contributed by atoms with van der Waals surface area (Å²) in [6, 6.07) is 17.1. The fourth-order valence-corrected chi connectivity index (χ4v) is 7.80. The molecule has 10 rings (SSSR count). The summed E-state index contributed by atoms with van der Waals surface area (Å²) >= 11 is 0. The summed E-state index contributed by atoms with van der Waals surface area (Å²) in [5.74, 6) is -23.7. The predicted octanol–water partition coefficient (Wildman–Crippen LogP) is 12.7. The Labute approximate surface area is 332 Å². The fraction of sp³-hybridized carbons (Fsp3) is 0. The van der Waals surface area contributed by atoms with Gasteiger partial charge in [-0.05, 0) is 54.6 Å². The number of para-hydroxylation sites is 2. The summed E-state index contributed by atoms with van der Waals surface area (Å²) in [6.07, 6.45) is 2.50. The first kappa shape index (κ1) is 37.5. The van der Waals surface area contributed by atoms with E-state index in [9.17, 15) is 36.2 Å². The normalized spacial score (nSPS) is 12.2. The van der Waals surface area contributed by atoms with Crippen LogP contribution in [0.4, 0.5) is 43.9 Å². The van der Waals surface area contributed by atoms with E-state index < -0.39 is 86.4 Å². The highest BCUT2D eigenvalue weighted by Gasteiger charge is 2.31. The first-order chi connectivity index (χ1) is 29.2. The van der Waals surface area contributed by atoms with Crippen LogP contribution in [0.25, 0.3) is 101 Å². The van der Waals surface area contributed by atoms with Crippen LogP contribution < -0.4 is 0 Å². The van der Waals surface area contributed by atoms with Gasteiger partial charge in [-0.25, -0.2) is 53.7 Å². The van der Waals surface area contributed by atoms with Crippen LogP contribution in [0.2, 0.25) is 0 Å². The minimum atomic E-state index is -2.40. The maximum atomic E-state index is 15.7. The van der Waals surface area contributed by atoms with E-state index in [2.05, 4.69) is 19.9 Å². The van der Waals surface area contributed by atoms with Crippen LogP contribution in [0.3, 0.4) is 0 Å². The Morgan fingerprint density at radius 3 is 1.39 bits per heavy atom. The van der Waals surface area contributed by atoms with E-state index in [1.165, 1.54) is 60.7 Å². The zero-order chi connectivity index (χ0) is 42.8. The van der Waals surface area contributed by atoms with Crippen LogP contribution in [0.15, 0.2) is 77.2 Å². The molecule has 0 radical (unpaired) electrons. The van der Waals surface area contributed by atoms with E-state index in [4.69, 9.17) is 4.42 Å². The van der Waals surface area contributed by atoms with Gasteiger partial charge < -0.3 is 24.5 Å². The topological polar surface area (TPSA) is 111 Å². The number of aromatic nitrogens is 4. The van der Waals surface area contributed by atoms with Crippen LogP contribution in [-0.2, 0) is 0 Å². The van der Waals surface area contributed by atoms with Gasteiger partial charge in [-0.2, -0.15) is 0 Å². The van der Waals surface area contributed by atoms with Crippen molar-refractivity contribution in [3.05, 3.63) is 148 Å². The number of aromatic amines is 3. The number of furan rings is 1. The van der Waals surface area contributed by atoms with Gasteiger partial charge in [0.05, 0.1) is 28.0 Å². The summed E-state index contributed by atoms with van der Waals surface area (Å²) in [5.41, 5.74) is -4.40. The molecule has 0 aliphatic carbocycles. The highest BCUT2D eigenvalue weighted by molar-refractivity contribution is 6.16. The number of nitrogens with zero attached hydrogens (tertiary/aromatic N) is 1. The zero-order valence-corrected chi connectivity index (χ0v) is 30.1. The average Bonchev–Trinajstić information content (AvgIpc) is 4.11. The molecule has 0 atom stereocenters. The average molecular weight is 841 g/mol. The molecule has 0 unspecified atom stereocenters. The Morgan fingerprint density at radius 1 is 0.443 bits per heavy atom. The van der Waals surface area contributed by atoms with Gasteiger partial charge in [-0.15, -0.1) is 0 Å². The SMILES string of the molecule is O=C(O)c1cccc2c1oc1c(-c3c4ccc([nH]4)c(-c4c(F)c(F)c(F)c(F)c4F)c4nc(c5ccc([nH]5)c(-c5c(F)c(F)c(F)c(F)c5F)c5ccc3[nH]5)C=C4)cccc12. The van der Waals surface area contributed by atoms with Crippen molar-refractivity contribution in [3.8, 4) is 33.4 Å².